The number of primary amides is 1. The van der Waals surface area contributed by atoms with Crippen LogP contribution in [0, 0.1) is 20.8 Å². The van der Waals surface area contributed by atoms with Crippen LogP contribution in [0.5, 0.6) is 0 Å². The molecule has 3 aromatic heterocycles. The predicted molar refractivity (Wildman–Crippen MR) is 105 cm³/mol. The highest BCUT2D eigenvalue weighted by Crippen LogP contribution is 2.24. The number of benzene rings is 1. The molecule has 28 heavy (non-hydrogen) atoms. The van der Waals surface area contributed by atoms with Crippen LogP contribution in [0.25, 0.3) is 22.6 Å². The van der Waals surface area contributed by atoms with Crippen molar-refractivity contribution in [1.29, 1.82) is 0 Å². The minimum absolute atomic E-state index is 0.227. The maximum atomic E-state index is 13.0. The van der Waals surface area contributed by atoms with Gasteiger partial charge in [-0.2, -0.15) is 4.98 Å². The molecule has 3 heterocycles. The first-order chi connectivity index (χ1) is 13.2. The smallest absolute Gasteiger partial charge is 0.332 e. The minimum atomic E-state index is -0.761. The van der Waals surface area contributed by atoms with Crippen LogP contribution in [0.2, 0.25) is 0 Å². The van der Waals surface area contributed by atoms with Gasteiger partial charge in [0.1, 0.15) is 6.54 Å². The van der Waals surface area contributed by atoms with Gasteiger partial charge in [0, 0.05) is 18.9 Å². The van der Waals surface area contributed by atoms with Gasteiger partial charge in [-0.15, -0.1) is 0 Å². The summed E-state index contributed by atoms with van der Waals surface area (Å²) in [4.78, 5) is 41.4. The molecule has 2 N–H and O–H groups in total. The van der Waals surface area contributed by atoms with E-state index in [9.17, 15) is 14.4 Å². The standard InChI is InChI=1S/C19H20N6O3/c1-10-5-6-11(2)13(7-10)25-12(3)8-23-15-16(21-18(23)25)22(4)19(28)24(17(15)27)9-14(20)26/h5-8H,9H2,1-4H3,(H2,20,26). The van der Waals surface area contributed by atoms with E-state index in [0.717, 1.165) is 27.1 Å². The van der Waals surface area contributed by atoms with Crippen LogP contribution in [0.1, 0.15) is 16.8 Å². The Kier molecular flexibility index (Phi) is 3.77. The Bertz CT molecular complexity index is 1400. The zero-order valence-electron chi connectivity index (χ0n) is 16.1. The van der Waals surface area contributed by atoms with E-state index in [0.29, 0.717) is 5.78 Å². The highest BCUT2D eigenvalue weighted by molar-refractivity contribution is 5.78. The lowest BCUT2D eigenvalue weighted by Gasteiger charge is -2.10. The van der Waals surface area contributed by atoms with E-state index in [4.69, 9.17) is 5.73 Å². The van der Waals surface area contributed by atoms with Gasteiger partial charge in [0.25, 0.3) is 5.56 Å². The second-order valence-electron chi connectivity index (χ2n) is 7.05. The molecule has 4 rings (SSSR count). The average Bonchev–Trinajstić information content (AvgIpc) is 3.13. The van der Waals surface area contributed by atoms with Crippen LogP contribution in [-0.4, -0.2) is 29.0 Å². The van der Waals surface area contributed by atoms with Gasteiger partial charge in [-0.3, -0.25) is 23.1 Å². The van der Waals surface area contributed by atoms with Gasteiger partial charge < -0.3 is 5.73 Å². The monoisotopic (exact) mass is 380 g/mol. The number of hydrogen-bond acceptors (Lipinski definition) is 4. The Morgan fingerprint density at radius 2 is 1.89 bits per heavy atom. The van der Waals surface area contributed by atoms with E-state index >= 15 is 0 Å². The Hall–Kier alpha value is -3.62. The summed E-state index contributed by atoms with van der Waals surface area (Å²) in [5, 5.41) is 0. The fraction of sp³-hybridized carbons (Fsp3) is 0.263. The van der Waals surface area contributed by atoms with Crippen molar-refractivity contribution < 1.29 is 4.79 Å². The van der Waals surface area contributed by atoms with Crippen LogP contribution in [0.4, 0.5) is 0 Å². The van der Waals surface area contributed by atoms with Gasteiger partial charge in [0.2, 0.25) is 11.7 Å². The van der Waals surface area contributed by atoms with E-state index < -0.39 is 23.7 Å². The molecular weight excluding hydrogens is 360 g/mol. The third kappa shape index (κ3) is 2.39. The Balaban J connectivity index is 2.16. The zero-order valence-corrected chi connectivity index (χ0v) is 16.1. The summed E-state index contributed by atoms with van der Waals surface area (Å²) >= 11 is 0. The normalized spacial score (nSPS) is 11.6. The number of fused-ring (bicyclic) bond motifs is 3. The Morgan fingerprint density at radius 3 is 2.57 bits per heavy atom. The lowest BCUT2D eigenvalue weighted by Crippen LogP contribution is -2.42. The van der Waals surface area contributed by atoms with Crippen molar-refractivity contribution in [1.82, 2.24) is 23.1 Å². The number of nitrogens with zero attached hydrogens (tertiary/aromatic N) is 5. The number of rotatable bonds is 3. The average molecular weight is 380 g/mol. The van der Waals surface area contributed by atoms with Gasteiger partial charge in [0.05, 0.1) is 5.69 Å². The molecule has 1 amide bonds. The Labute approximate surface area is 159 Å². The first-order valence-corrected chi connectivity index (χ1v) is 8.76. The number of hydrogen-bond donors (Lipinski definition) is 1. The summed E-state index contributed by atoms with van der Waals surface area (Å²) < 4.78 is 5.70. The van der Waals surface area contributed by atoms with Crippen molar-refractivity contribution in [3.05, 3.63) is 62.1 Å². The van der Waals surface area contributed by atoms with E-state index in [1.165, 1.54) is 11.6 Å². The number of nitrogens with two attached hydrogens (primary N) is 1. The third-order valence-electron chi connectivity index (χ3n) is 4.95. The largest absolute Gasteiger partial charge is 0.368 e. The second-order valence-corrected chi connectivity index (χ2v) is 7.05. The minimum Gasteiger partial charge on any atom is -0.368 e. The SMILES string of the molecule is Cc1ccc(C)c(-n2c(C)cn3c4c(=O)n(CC(N)=O)c(=O)n(C)c4nc23)c1. The number of amides is 1. The van der Waals surface area contributed by atoms with Crippen molar-refractivity contribution in [2.24, 2.45) is 12.8 Å². The number of carbonyl (C=O) groups is 1. The van der Waals surface area contributed by atoms with E-state index in [1.54, 1.807) is 10.6 Å². The first-order valence-electron chi connectivity index (χ1n) is 8.76. The van der Waals surface area contributed by atoms with Crippen LogP contribution >= 0.6 is 0 Å². The fourth-order valence-corrected chi connectivity index (χ4v) is 3.56. The van der Waals surface area contributed by atoms with E-state index in [-0.39, 0.29) is 11.2 Å². The Morgan fingerprint density at radius 1 is 1.18 bits per heavy atom. The predicted octanol–water partition coefficient (Wildman–Crippen LogP) is 0.549. The van der Waals surface area contributed by atoms with Gasteiger partial charge in [-0.25, -0.2) is 9.36 Å². The highest BCUT2D eigenvalue weighted by Gasteiger charge is 2.21. The molecular formula is C19H20N6O3. The van der Waals surface area contributed by atoms with Crippen LogP contribution < -0.4 is 17.0 Å². The van der Waals surface area contributed by atoms with E-state index in [1.807, 2.05) is 43.5 Å². The van der Waals surface area contributed by atoms with Gasteiger partial charge in [0.15, 0.2) is 11.2 Å². The first kappa shape index (κ1) is 17.8. The molecule has 1 aromatic carbocycles. The number of carbonyl (C=O) groups excluding carboxylic acids is 1. The summed E-state index contributed by atoms with van der Waals surface area (Å²) in [5.74, 6) is -0.242. The lowest BCUT2D eigenvalue weighted by molar-refractivity contribution is -0.118. The summed E-state index contributed by atoms with van der Waals surface area (Å²) in [5.41, 5.74) is 8.44. The molecule has 0 bridgehead atoms. The summed E-state index contributed by atoms with van der Waals surface area (Å²) in [6.07, 6.45) is 1.80. The van der Waals surface area contributed by atoms with Crippen LogP contribution in [-0.2, 0) is 18.4 Å². The molecule has 144 valence electrons. The zero-order chi connectivity index (χ0) is 20.3. The lowest BCUT2D eigenvalue weighted by atomic mass is 10.1. The van der Waals surface area contributed by atoms with Crippen LogP contribution in [0.15, 0.2) is 34.0 Å². The molecule has 0 aliphatic rings. The molecule has 0 fully saturated rings. The maximum absolute atomic E-state index is 13.0. The van der Waals surface area contributed by atoms with E-state index in [2.05, 4.69) is 4.98 Å². The van der Waals surface area contributed by atoms with Crippen molar-refractivity contribution in [2.45, 2.75) is 27.3 Å². The molecule has 9 heteroatoms. The van der Waals surface area contributed by atoms with Crippen molar-refractivity contribution >= 4 is 22.8 Å². The van der Waals surface area contributed by atoms with Crippen LogP contribution in [0.3, 0.4) is 0 Å². The molecule has 0 radical (unpaired) electrons. The molecule has 0 aliphatic carbocycles. The number of aryl methyl sites for hydroxylation is 4. The molecule has 0 saturated carbocycles. The van der Waals surface area contributed by atoms with Gasteiger partial charge in [-0.05, 0) is 38.0 Å². The van der Waals surface area contributed by atoms with Crippen molar-refractivity contribution in [3.8, 4) is 5.69 Å². The van der Waals surface area contributed by atoms with Crippen molar-refractivity contribution in [2.75, 3.05) is 0 Å². The molecule has 0 aliphatic heterocycles. The molecule has 0 unspecified atom stereocenters. The molecule has 4 aromatic rings. The highest BCUT2D eigenvalue weighted by atomic mass is 16.2. The topological polar surface area (TPSA) is 109 Å². The maximum Gasteiger partial charge on any atom is 0.332 e. The fourth-order valence-electron chi connectivity index (χ4n) is 3.56. The van der Waals surface area contributed by atoms with Gasteiger partial charge in [-0.1, -0.05) is 12.1 Å². The molecule has 0 saturated heterocycles. The molecule has 0 spiro atoms. The molecule has 0 atom stereocenters. The summed E-state index contributed by atoms with van der Waals surface area (Å²) in [7, 11) is 1.52. The number of aromatic nitrogens is 5. The molecule has 9 nitrogen and oxygen atoms in total. The summed E-state index contributed by atoms with van der Waals surface area (Å²) in [6.45, 7) is 5.45. The van der Waals surface area contributed by atoms with Gasteiger partial charge >= 0.3 is 5.69 Å². The quantitative estimate of drug-likeness (QED) is 0.560. The van der Waals surface area contributed by atoms with Crippen molar-refractivity contribution in [3.63, 3.8) is 0 Å². The third-order valence-corrected chi connectivity index (χ3v) is 4.95. The summed E-state index contributed by atoms with van der Waals surface area (Å²) in [6, 6.07) is 6.11. The number of imidazole rings is 2. The second kappa shape index (κ2) is 5.95.